The Morgan fingerprint density at radius 1 is 1.06 bits per heavy atom. The molecular formula is C15H10O3. The van der Waals surface area contributed by atoms with Crippen LogP contribution < -0.4 is 0 Å². The molecule has 1 N–H and O–H groups in total. The van der Waals surface area contributed by atoms with Crippen LogP contribution in [0.4, 0.5) is 0 Å². The van der Waals surface area contributed by atoms with Crippen LogP contribution in [-0.4, -0.2) is 11.1 Å². The van der Waals surface area contributed by atoms with E-state index in [0.717, 1.165) is 16.3 Å². The first kappa shape index (κ1) is 10.6. The summed E-state index contributed by atoms with van der Waals surface area (Å²) in [7, 11) is 0. The summed E-state index contributed by atoms with van der Waals surface area (Å²) in [5.41, 5.74) is 1.07. The van der Waals surface area contributed by atoms with E-state index in [2.05, 4.69) is 0 Å². The summed E-state index contributed by atoms with van der Waals surface area (Å²) in [4.78, 5) is 11.3. The minimum Gasteiger partial charge on any atom is -0.478 e. The van der Waals surface area contributed by atoms with Gasteiger partial charge < -0.3 is 9.52 Å². The fourth-order valence-corrected chi connectivity index (χ4v) is 2.07. The van der Waals surface area contributed by atoms with Gasteiger partial charge in [-0.1, -0.05) is 24.3 Å². The molecule has 1 heterocycles. The van der Waals surface area contributed by atoms with Crippen LogP contribution >= 0.6 is 0 Å². The largest absolute Gasteiger partial charge is 0.478 e. The van der Waals surface area contributed by atoms with Crippen LogP contribution in [0.1, 0.15) is 10.4 Å². The Bertz CT molecular complexity index is 712. The number of carboxylic acids is 1. The van der Waals surface area contributed by atoms with Crippen LogP contribution in [0.3, 0.4) is 0 Å². The predicted octanol–water partition coefficient (Wildman–Crippen LogP) is 3.80. The molecule has 0 amide bonds. The van der Waals surface area contributed by atoms with E-state index in [4.69, 9.17) is 4.42 Å². The fourth-order valence-electron chi connectivity index (χ4n) is 2.07. The van der Waals surface area contributed by atoms with Gasteiger partial charge in [0.1, 0.15) is 5.76 Å². The van der Waals surface area contributed by atoms with E-state index in [0.29, 0.717) is 11.3 Å². The summed E-state index contributed by atoms with van der Waals surface area (Å²) in [5.74, 6) is -0.261. The number of carbonyl (C=O) groups is 1. The van der Waals surface area contributed by atoms with Gasteiger partial charge in [-0.15, -0.1) is 0 Å². The standard InChI is InChI=1S/C15H10O3/c16-15(17)13-9-11(14-6-3-7-18-14)8-10-4-1-2-5-12(10)13/h1-9H,(H,16,17). The van der Waals surface area contributed by atoms with E-state index >= 15 is 0 Å². The van der Waals surface area contributed by atoms with E-state index < -0.39 is 5.97 Å². The lowest BCUT2D eigenvalue weighted by atomic mass is 10.00. The zero-order chi connectivity index (χ0) is 12.5. The number of hydrogen-bond donors (Lipinski definition) is 1. The van der Waals surface area contributed by atoms with Crippen molar-refractivity contribution < 1.29 is 14.3 Å². The first-order valence-corrected chi connectivity index (χ1v) is 5.55. The molecule has 3 rings (SSSR count). The van der Waals surface area contributed by atoms with Crippen LogP contribution in [0.15, 0.2) is 59.2 Å². The molecule has 3 aromatic rings. The van der Waals surface area contributed by atoms with E-state index in [1.807, 2.05) is 36.4 Å². The van der Waals surface area contributed by atoms with Gasteiger partial charge in [-0.3, -0.25) is 0 Å². The number of furan rings is 1. The van der Waals surface area contributed by atoms with Crippen LogP contribution in [0.5, 0.6) is 0 Å². The van der Waals surface area contributed by atoms with Crippen molar-refractivity contribution >= 4 is 16.7 Å². The van der Waals surface area contributed by atoms with Crippen LogP contribution in [0.2, 0.25) is 0 Å². The average Bonchev–Trinajstić information content (AvgIpc) is 2.91. The fraction of sp³-hybridized carbons (Fsp3) is 0. The molecule has 0 atom stereocenters. The number of hydrogen-bond acceptors (Lipinski definition) is 2. The summed E-state index contributed by atoms with van der Waals surface area (Å²) >= 11 is 0. The monoisotopic (exact) mass is 238 g/mol. The van der Waals surface area contributed by atoms with Crippen LogP contribution in [0.25, 0.3) is 22.1 Å². The maximum atomic E-state index is 11.3. The molecule has 88 valence electrons. The molecule has 2 aromatic carbocycles. The van der Waals surface area contributed by atoms with Gasteiger partial charge in [-0.2, -0.15) is 0 Å². The van der Waals surface area contributed by atoms with Gasteiger partial charge >= 0.3 is 5.97 Å². The molecule has 3 heteroatoms. The average molecular weight is 238 g/mol. The summed E-state index contributed by atoms with van der Waals surface area (Å²) in [6, 6.07) is 14.6. The molecule has 0 fully saturated rings. The van der Waals surface area contributed by atoms with Crippen LogP contribution in [0, 0.1) is 0 Å². The summed E-state index contributed by atoms with van der Waals surface area (Å²) < 4.78 is 5.31. The molecule has 0 saturated heterocycles. The highest BCUT2D eigenvalue weighted by atomic mass is 16.4. The first-order valence-electron chi connectivity index (χ1n) is 5.55. The Morgan fingerprint density at radius 2 is 1.89 bits per heavy atom. The Morgan fingerprint density at radius 3 is 2.61 bits per heavy atom. The number of benzene rings is 2. The molecule has 0 unspecified atom stereocenters. The lowest BCUT2D eigenvalue weighted by molar-refractivity contribution is 0.0699. The summed E-state index contributed by atoms with van der Waals surface area (Å²) in [6.07, 6.45) is 1.57. The van der Waals surface area contributed by atoms with Crippen molar-refractivity contribution in [3.8, 4) is 11.3 Å². The zero-order valence-electron chi connectivity index (χ0n) is 9.46. The molecule has 3 nitrogen and oxygen atoms in total. The lowest BCUT2D eigenvalue weighted by Crippen LogP contribution is -1.98. The number of fused-ring (bicyclic) bond motifs is 1. The molecule has 18 heavy (non-hydrogen) atoms. The minimum absolute atomic E-state index is 0.291. The maximum Gasteiger partial charge on any atom is 0.336 e. The Hall–Kier alpha value is -2.55. The van der Waals surface area contributed by atoms with Gasteiger partial charge in [-0.25, -0.2) is 4.79 Å². The van der Waals surface area contributed by atoms with Crippen molar-refractivity contribution in [2.24, 2.45) is 0 Å². The SMILES string of the molecule is O=C(O)c1cc(-c2ccco2)cc2ccccc12. The normalized spacial score (nSPS) is 10.7. The van der Waals surface area contributed by atoms with Crippen LogP contribution in [-0.2, 0) is 0 Å². The topological polar surface area (TPSA) is 50.4 Å². The van der Waals surface area contributed by atoms with Gasteiger partial charge in [0.2, 0.25) is 0 Å². The molecule has 0 saturated carbocycles. The second-order valence-corrected chi connectivity index (χ2v) is 4.03. The second-order valence-electron chi connectivity index (χ2n) is 4.03. The van der Waals surface area contributed by atoms with Crippen molar-refractivity contribution in [3.63, 3.8) is 0 Å². The first-order chi connectivity index (χ1) is 8.75. The molecule has 0 radical (unpaired) electrons. The Labute approximate surface area is 103 Å². The zero-order valence-corrected chi connectivity index (χ0v) is 9.46. The molecular weight excluding hydrogens is 228 g/mol. The van der Waals surface area contributed by atoms with E-state index in [1.165, 1.54) is 0 Å². The van der Waals surface area contributed by atoms with Gasteiger partial charge in [0, 0.05) is 5.56 Å². The van der Waals surface area contributed by atoms with Gasteiger partial charge in [0.25, 0.3) is 0 Å². The van der Waals surface area contributed by atoms with Crippen molar-refractivity contribution in [1.29, 1.82) is 0 Å². The number of rotatable bonds is 2. The third kappa shape index (κ3) is 1.66. The molecule has 0 spiro atoms. The van der Waals surface area contributed by atoms with E-state index in [-0.39, 0.29) is 0 Å². The molecule has 0 aliphatic rings. The molecule has 0 aliphatic heterocycles. The van der Waals surface area contributed by atoms with Crippen molar-refractivity contribution in [2.75, 3.05) is 0 Å². The third-order valence-corrected chi connectivity index (χ3v) is 2.90. The minimum atomic E-state index is -0.931. The number of carboxylic acid groups (broad SMARTS) is 1. The third-order valence-electron chi connectivity index (χ3n) is 2.90. The highest BCUT2D eigenvalue weighted by Gasteiger charge is 2.12. The van der Waals surface area contributed by atoms with Gasteiger partial charge in [-0.05, 0) is 35.0 Å². The van der Waals surface area contributed by atoms with Crippen molar-refractivity contribution in [1.82, 2.24) is 0 Å². The van der Waals surface area contributed by atoms with Gasteiger partial charge in [0.05, 0.1) is 11.8 Å². The quantitative estimate of drug-likeness (QED) is 0.738. The second kappa shape index (κ2) is 4.04. The summed E-state index contributed by atoms with van der Waals surface area (Å²) in [6.45, 7) is 0. The number of aromatic carboxylic acids is 1. The van der Waals surface area contributed by atoms with E-state index in [9.17, 15) is 9.90 Å². The molecule has 1 aromatic heterocycles. The van der Waals surface area contributed by atoms with E-state index in [1.54, 1.807) is 18.4 Å². The van der Waals surface area contributed by atoms with Crippen molar-refractivity contribution in [3.05, 3.63) is 60.4 Å². The summed E-state index contributed by atoms with van der Waals surface area (Å²) in [5, 5.41) is 10.9. The highest BCUT2D eigenvalue weighted by Crippen LogP contribution is 2.28. The lowest BCUT2D eigenvalue weighted by Gasteiger charge is -2.05. The van der Waals surface area contributed by atoms with Gasteiger partial charge in [0.15, 0.2) is 0 Å². The maximum absolute atomic E-state index is 11.3. The van der Waals surface area contributed by atoms with Crippen molar-refractivity contribution in [2.45, 2.75) is 0 Å². The Kier molecular flexibility index (Phi) is 2.38. The molecule has 0 bridgehead atoms. The predicted molar refractivity (Wildman–Crippen MR) is 68.6 cm³/mol. The smallest absolute Gasteiger partial charge is 0.336 e. The molecule has 0 aliphatic carbocycles. The highest BCUT2D eigenvalue weighted by molar-refractivity contribution is 6.05. The Balaban J connectivity index is 2.33.